The molecule has 7 nitrogen and oxygen atoms in total. The van der Waals surface area contributed by atoms with Gasteiger partial charge in [-0.15, -0.1) is 5.10 Å². The fourth-order valence-corrected chi connectivity index (χ4v) is 3.62. The predicted octanol–water partition coefficient (Wildman–Crippen LogP) is 4.72. The fourth-order valence-electron chi connectivity index (χ4n) is 2.72. The molecule has 2 heterocycles. The van der Waals surface area contributed by atoms with Crippen LogP contribution in [0.4, 0.5) is 5.69 Å². The second kappa shape index (κ2) is 8.94. The number of carbonyl (C=O) groups is 1. The first-order chi connectivity index (χ1) is 13.7. The van der Waals surface area contributed by atoms with Gasteiger partial charge in [0, 0.05) is 39.6 Å². The third-order valence-electron chi connectivity index (χ3n) is 4.18. The zero-order chi connectivity index (χ0) is 21.0. The summed E-state index contributed by atoms with van der Waals surface area (Å²) in [7, 11) is -1.15. The topological polar surface area (TPSA) is 78.3 Å². The van der Waals surface area contributed by atoms with E-state index in [1.165, 1.54) is 6.92 Å². The molecule has 1 amide bonds. The Bertz CT molecular complexity index is 1020. The highest BCUT2D eigenvalue weighted by Crippen LogP contribution is 2.29. The molecule has 3 rings (SSSR count). The maximum absolute atomic E-state index is 11.4. The van der Waals surface area contributed by atoms with Crippen LogP contribution in [0.25, 0.3) is 16.6 Å². The van der Waals surface area contributed by atoms with Crippen LogP contribution >= 0.6 is 11.6 Å². The molecular weight excluding hydrogens is 408 g/mol. The number of nitrogens with one attached hydrogen (secondary N) is 1. The van der Waals surface area contributed by atoms with E-state index in [9.17, 15) is 4.79 Å². The van der Waals surface area contributed by atoms with E-state index in [0.29, 0.717) is 23.3 Å². The number of fused-ring (bicyclic) bond motifs is 1. The molecule has 9 heteroatoms. The van der Waals surface area contributed by atoms with Crippen LogP contribution in [0.15, 0.2) is 36.5 Å². The molecule has 0 spiro atoms. The molecule has 0 bridgehead atoms. The van der Waals surface area contributed by atoms with Crippen molar-refractivity contribution >= 4 is 42.2 Å². The molecule has 0 aliphatic rings. The number of carbonyl (C=O) groups excluding carboxylic acids is 1. The van der Waals surface area contributed by atoms with E-state index in [1.807, 2.05) is 24.3 Å². The molecule has 0 aliphatic heterocycles. The molecule has 0 fully saturated rings. The minimum absolute atomic E-state index is 0.116. The molecule has 0 unspecified atom stereocenters. The quantitative estimate of drug-likeness (QED) is 0.241. The normalized spacial score (nSPS) is 11.6. The summed E-state index contributed by atoms with van der Waals surface area (Å²) in [6.45, 7) is 9.16. The molecule has 0 radical (unpaired) electrons. The van der Waals surface area contributed by atoms with Gasteiger partial charge in [0.2, 0.25) is 11.8 Å². The molecule has 1 N–H and O–H groups in total. The van der Waals surface area contributed by atoms with E-state index in [0.717, 1.165) is 22.6 Å². The number of hydrogen-bond donors (Lipinski definition) is 1. The van der Waals surface area contributed by atoms with Crippen molar-refractivity contribution in [1.82, 2.24) is 14.8 Å². The molecule has 154 valence electrons. The number of rotatable bonds is 8. The zero-order valence-corrected chi connectivity index (χ0v) is 18.8. The fraction of sp³-hybridized carbons (Fsp3) is 0.350. The Hall–Kier alpha value is -2.42. The average molecular weight is 433 g/mol. The van der Waals surface area contributed by atoms with Crippen LogP contribution in [0.1, 0.15) is 6.92 Å². The van der Waals surface area contributed by atoms with E-state index in [-0.39, 0.29) is 12.7 Å². The summed E-state index contributed by atoms with van der Waals surface area (Å²) in [6.07, 6.45) is 1.64. The van der Waals surface area contributed by atoms with Gasteiger partial charge in [0.1, 0.15) is 5.15 Å². The first kappa shape index (κ1) is 21.3. The number of nitrogens with zero attached hydrogens (tertiary/aromatic N) is 3. The predicted molar refractivity (Wildman–Crippen MR) is 118 cm³/mol. The van der Waals surface area contributed by atoms with Gasteiger partial charge in [-0.25, -0.2) is 9.67 Å². The van der Waals surface area contributed by atoms with Gasteiger partial charge >= 0.3 is 0 Å². The number of anilines is 1. The number of ether oxygens (including phenoxy) is 2. The number of pyridine rings is 1. The molecule has 3 aromatic rings. The lowest BCUT2D eigenvalue weighted by Crippen LogP contribution is -2.22. The number of benzene rings is 1. The smallest absolute Gasteiger partial charge is 0.244 e. The van der Waals surface area contributed by atoms with Gasteiger partial charge in [-0.3, -0.25) is 4.79 Å². The van der Waals surface area contributed by atoms with Crippen molar-refractivity contribution in [3.8, 4) is 11.6 Å². The standard InChI is InChI=1S/C20H25ClN4O3Si/c1-14(26)23-15-6-5-7-16(10-15)25-18-11-19(21)22-12-17(18)20(24-25)28-13-27-8-9-29(2,3)4/h5-7,10-12H,8-9,13H2,1-4H3,(H,23,26). The summed E-state index contributed by atoms with van der Waals surface area (Å²) < 4.78 is 13.1. The lowest BCUT2D eigenvalue weighted by Gasteiger charge is -2.15. The molecule has 0 saturated carbocycles. The highest BCUT2D eigenvalue weighted by molar-refractivity contribution is 6.76. The van der Waals surface area contributed by atoms with Crippen LogP contribution in [-0.4, -0.2) is 42.1 Å². The largest absolute Gasteiger partial charge is 0.449 e. The first-order valence-electron chi connectivity index (χ1n) is 9.36. The van der Waals surface area contributed by atoms with Crippen LogP contribution in [0.3, 0.4) is 0 Å². The van der Waals surface area contributed by atoms with Crippen molar-refractivity contribution in [2.24, 2.45) is 0 Å². The summed E-state index contributed by atoms with van der Waals surface area (Å²) >= 11 is 6.10. The van der Waals surface area contributed by atoms with Gasteiger partial charge in [0.25, 0.3) is 0 Å². The van der Waals surface area contributed by atoms with Crippen LogP contribution in [0.5, 0.6) is 5.88 Å². The summed E-state index contributed by atoms with van der Waals surface area (Å²) in [6, 6.07) is 10.2. The van der Waals surface area contributed by atoms with Gasteiger partial charge in [-0.05, 0) is 24.2 Å². The summed E-state index contributed by atoms with van der Waals surface area (Å²) in [5.74, 6) is 0.279. The zero-order valence-electron chi connectivity index (χ0n) is 17.0. The Kier molecular flexibility index (Phi) is 6.56. The van der Waals surface area contributed by atoms with Crippen LogP contribution in [-0.2, 0) is 9.53 Å². The van der Waals surface area contributed by atoms with Crippen LogP contribution in [0.2, 0.25) is 30.8 Å². The van der Waals surface area contributed by atoms with Crippen LogP contribution in [0, 0.1) is 0 Å². The number of halogens is 1. The van der Waals surface area contributed by atoms with Gasteiger partial charge in [-0.1, -0.05) is 37.3 Å². The molecule has 1 aromatic carbocycles. The molecule has 0 atom stereocenters. The Morgan fingerprint density at radius 2 is 2.07 bits per heavy atom. The van der Waals surface area contributed by atoms with Gasteiger partial charge in [0.05, 0.1) is 16.6 Å². The lowest BCUT2D eigenvalue weighted by atomic mass is 10.2. The molecule has 2 aromatic heterocycles. The van der Waals surface area contributed by atoms with Crippen molar-refractivity contribution in [3.63, 3.8) is 0 Å². The number of amides is 1. The Morgan fingerprint density at radius 1 is 1.28 bits per heavy atom. The van der Waals surface area contributed by atoms with Crippen molar-refractivity contribution in [3.05, 3.63) is 41.7 Å². The van der Waals surface area contributed by atoms with Gasteiger partial charge < -0.3 is 14.8 Å². The SMILES string of the molecule is CC(=O)Nc1cccc(-n2nc(OCOCC[Si](C)(C)C)c3cnc(Cl)cc32)c1. The lowest BCUT2D eigenvalue weighted by molar-refractivity contribution is -0.114. The van der Waals surface area contributed by atoms with E-state index in [2.05, 4.69) is 35.0 Å². The molecule has 0 aliphatic carbocycles. The Balaban J connectivity index is 1.85. The monoisotopic (exact) mass is 432 g/mol. The second-order valence-electron chi connectivity index (χ2n) is 7.95. The van der Waals surface area contributed by atoms with E-state index < -0.39 is 8.07 Å². The highest BCUT2D eigenvalue weighted by Gasteiger charge is 2.16. The van der Waals surface area contributed by atoms with E-state index in [4.69, 9.17) is 21.1 Å². The van der Waals surface area contributed by atoms with Crippen molar-refractivity contribution < 1.29 is 14.3 Å². The summed E-state index contributed by atoms with van der Waals surface area (Å²) in [5.41, 5.74) is 2.19. The Morgan fingerprint density at radius 3 is 2.79 bits per heavy atom. The maximum atomic E-state index is 11.4. The van der Waals surface area contributed by atoms with Crippen LogP contribution < -0.4 is 10.1 Å². The van der Waals surface area contributed by atoms with Gasteiger partial charge in [-0.2, -0.15) is 0 Å². The summed E-state index contributed by atoms with van der Waals surface area (Å²) in [4.78, 5) is 15.5. The second-order valence-corrected chi connectivity index (χ2v) is 14.0. The van der Waals surface area contributed by atoms with E-state index in [1.54, 1.807) is 16.9 Å². The van der Waals surface area contributed by atoms with Crippen molar-refractivity contribution in [1.29, 1.82) is 0 Å². The Labute approximate surface area is 176 Å². The third-order valence-corrected chi connectivity index (χ3v) is 6.10. The van der Waals surface area contributed by atoms with Crippen molar-refractivity contribution in [2.75, 3.05) is 18.7 Å². The average Bonchev–Trinajstić information content (AvgIpc) is 2.98. The molecular formula is C20H25ClN4O3Si. The highest BCUT2D eigenvalue weighted by atomic mass is 35.5. The third kappa shape index (κ3) is 5.78. The minimum Gasteiger partial charge on any atom is -0.449 e. The minimum atomic E-state index is -1.15. The molecule has 29 heavy (non-hydrogen) atoms. The van der Waals surface area contributed by atoms with Gasteiger partial charge in [0.15, 0.2) is 6.79 Å². The number of aromatic nitrogens is 3. The van der Waals surface area contributed by atoms with E-state index >= 15 is 0 Å². The van der Waals surface area contributed by atoms with Crippen molar-refractivity contribution in [2.45, 2.75) is 32.6 Å². The maximum Gasteiger partial charge on any atom is 0.244 e. The first-order valence-corrected chi connectivity index (χ1v) is 13.4. The summed E-state index contributed by atoms with van der Waals surface area (Å²) in [5, 5.41) is 8.44. The number of hydrogen-bond acceptors (Lipinski definition) is 5. The molecule has 0 saturated heterocycles.